The Balaban J connectivity index is 1.56. The fourth-order valence-corrected chi connectivity index (χ4v) is 5.59. The Bertz CT molecular complexity index is 1200. The maximum absolute atomic E-state index is 13.5. The van der Waals surface area contributed by atoms with E-state index in [1.165, 1.54) is 6.07 Å². The lowest BCUT2D eigenvalue weighted by Crippen LogP contribution is -2.52. The first-order valence-electron chi connectivity index (χ1n) is 10.5. The minimum absolute atomic E-state index is 0.0934. The summed E-state index contributed by atoms with van der Waals surface area (Å²) in [6.45, 7) is 6.52. The molecule has 10 heteroatoms. The highest BCUT2D eigenvalue weighted by atomic mass is 32.2. The normalized spacial score (nSPS) is 21.7. The van der Waals surface area contributed by atoms with Gasteiger partial charge in [-0.2, -0.15) is 0 Å². The second kappa shape index (κ2) is 6.89. The number of benzene rings is 1. The smallest absolute Gasteiger partial charge is 0.263 e. The number of carbonyl (C=O) groups is 1. The number of aliphatic imine (C=N–C) groups is 1. The predicted octanol–water partition coefficient (Wildman–Crippen LogP) is 2.42. The van der Waals surface area contributed by atoms with Gasteiger partial charge in [-0.3, -0.25) is 14.7 Å². The number of fused-ring (bicyclic) bond motifs is 3. The van der Waals surface area contributed by atoms with Crippen molar-refractivity contribution in [1.29, 1.82) is 0 Å². The predicted molar refractivity (Wildman–Crippen MR) is 114 cm³/mol. The number of sulfonamides is 1. The molecule has 1 N–H and O–H groups in total. The molecule has 0 spiro atoms. The Morgan fingerprint density at radius 2 is 2.06 bits per heavy atom. The Morgan fingerprint density at radius 3 is 2.71 bits per heavy atom. The first-order valence-corrected chi connectivity index (χ1v) is 11.9. The quantitative estimate of drug-likeness (QED) is 0.735. The molecule has 5 rings (SSSR count). The number of nitrogens with one attached hydrogen (secondary N) is 1. The molecule has 3 aliphatic rings. The zero-order valence-corrected chi connectivity index (χ0v) is 18.6. The van der Waals surface area contributed by atoms with Crippen molar-refractivity contribution in [1.82, 2.24) is 14.8 Å². The van der Waals surface area contributed by atoms with Gasteiger partial charge in [0, 0.05) is 11.6 Å². The molecule has 0 saturated heterocycles. The van der Waals surface area contributed by atoms with Crippen LogP contribution in [0.1, 0.15) is 54.9 Å². The van der Waals surface area contributed by atoms with Gasteiger partial charge in [0.1, 0.15) is 0 Å². The average Bonchev–Trinajstić information content (AvgIpc) is 3.12. The van der Waals surface area contributed by atoms with Crippen molar-refractivity contribution >= 4 is 27.6 Å². The second-order valence-corrected chi connectivity index (χ2v) is 10.4. The third-order valence-electron chi connectivity index (χ3n) is 6.12. The van der Waals surface area contributed by atoms with Crippen LogP contribution in [0, 0.1) is 6.92 Å². The standard InChI is InChI=1S/C21H25N5O4S/c1-4-14-11-22-20-25(12-15-9-13(2)23-30-15)19(27)17-10-16(5-6-18(17)26(14)20)31(28,29)24-21(3)7-8-21/h5-6,9-10,14,24H,4,7-8,11-12H2,1-3H3/t14-/m1/s1. The molecule has 0 unspecified atom stereocenters. The van der Waals surface area contributed by atoms with Crippen LogP contribution in [0.5, 0.6) is 0 Å². The summed E-state index contributed by atoms with van der Waals surface area (Å²) in [4.78, 5) is 21.8. The minimum atomic E-state index is -3.72. The zero-order valence-electron chi connectivity index (χ0n) is 17.8. The van der Waals surface area contributed by atoms with Crippen molar-refractivity contribution in [2.45, 2.75) is 63.1 Å². The highest BCUT2D eigenvalue weighted by molar-refractivity contribution is 7.89. The van der Waals surface area contributed by atoms with Crippen molar-refractivity contribution in [3.8, 4) is 0 Å². The van der Waals surface area contributed by atoms with E-state index < -0.39 is 15.6 Å². The summed E-state index contributed by atoms with van der Waals surface area (Å²) in [5.41, 5.74) is 1.37. The molecule has 3 heterocycles. The largest absolute Gasteiger partial charge is 0.359 e. The van der Waals surface area contributed by atoms with E-state index in [0.29, 0.717) is 29.5 Å². The summed E-state index contributed by atoms with van der Waals surface area (Å²) in [5.74, 6) is 0.812. The van der Waals surface area contributed by atoms with Crippen LogP contribution < -0.4 is 9.62 Å². The molecule has 164 valence electrons. The first-order chi connectivity index (χ1) is 14.7. The van der Waals surface area contributed by atoms with E-state index in [0.717, 1.165) is 25.0 Å². The van der Waals surface area contributed by atoms with Gasteiger partial charge < -0.3 is 9.42 Å². The number of hydrogen-bond acceptors (Lipinski definition) is 7. The lowest BCUT2D eigenvalue weighted by Gasteiger charge is -2.38. The van der Waals surface area contributed by atoms with Crippen molar-refractivity contribution < 1.29 is 17.7 Å². The van der Waals surface area contributed by atoms with Gasteiger partial charge in [0.15, 0.2) is 5.76 Å². The van der Waals surface area contributed by atoms with Crippen molar-refractivity contribution in [2.75, 3.05) is 11.4 Å². The van der Waals surface area contributed by atoms with Gasteiger partial charge in [0.2, 0.25) is 16.0 Å². The van der Waals surface area contributed by atoms with E-state index in [1.54, 1.807) is 23.1 Å². The SMILES string of the molecule is CC[C@@H]1CN=C2N(Cc3cc(C)no3)C(=O)c3cc(S(=O)(=O)NC4(C)CC4)ccc3N21. The molecule has 1 atom stereocenters. The number of rotatable bonds is 6. The Kier molecular flexibility index (Phi) is 4.49. The van der Waals surface area contributed by atoms with Gasteiger partial charge in [-0.1, -0.05) is 12.1 Å². The number of hydrogen-bond donors (Lipinski definition) is 1. The van der Waals surface area contributed by atoms with Crippen molar-refractivity contribution in [3.05, 3.63) is 41.3 Å². The van der Waals surface area contributed by atoms with Crippen LogP contribution in [0.25, 0.3) is 0 Å². The van der Waals surface area contributed by atoms with E-state index in [1.807, 2.05) is 18.7 Å². The molecule has 2 aliphatic heterocycles. The van der Waals surface area contributed by atoms with Gasteiger partial charge in [-0.05, 0) is 51.3 Å². The molecule has 1 aliphatic carbocycles. The first kappa shape index (κ1) is 20.2. The number of aryl methyl sites for hydroxylation is 1. The third kappa shape index (κ3) is 3.43. The number of carbonyl (C=O) groups excluding carboxylic acids is 1. The third-order valence-corrected chi connectivity index (χ3v) is 7.76. The van der Waals surface area contributed by atoms with Gasteiger partial charge in [-0.25, -0.2) is 13.1 Å². The molecular weight excluding hydrogens is 418 g/mol. The Morgan fingerprint density at radius 1 is 1.29 bits per heavy atom. The average molecular weight is 444 g/mol. The molecule has 1 fully saturated rings. The van der Waals surface area contributed by atoms with Crippen LogP contribution in [-0.4, -0.2) is 48.5 Å². The number of nitrogens with zero attached hydrogens (tertiary/aromatic N) is 4. The van der Waals surface area contributed by atoms with E-state index in [9.17, 15) is 13.2 Å². The molecule has 2 aromatic rings. The molecule has 9 nitrogen and oxygen atoms in total. The monoisotopic (exact) mass is 443 g/mol. The van der Waals surface area contributed by atoms with Gasteiger partial charge in [0.25, 0.3) is 5.91 Å². The van der Waals surface area contributed by atoms with E-state index >= 15 is 0 Å². The van der Waals surface area contributed by atoms with Gasteiger partial charge in [-0.15, -0.1) is 0 Å². The molecule has 1 aromatic carbocycles. The van der Waals surface area contributed by atoms with Crippen LogP contribution in [-0.2, 0) is 16.6 Å². The Labute approximate surface area is 181 Å². The number of guanidine groups is 1. The fraction of sp³-hybridized carbons (Fsp3) is 0.476. The number of amides is 1. The summed E-state index contributed by atoms with van der Waals surface area (Å²) in [5, 5.41) is 3.90. The zero-order chi connectivity index (χ0) is 22.0. The van der Waals surface area contributed by atoms with E-state index in [-0.39, 0.29) is 23.4 Å². The van der Waals surface area contributed by atoms with Gasteiger partial charge >= 0.3 is 0 Å². The second-order valence-electron chi connectivity index (χ2n) is 8.74. The Hall–Kier alpha value is -2.72. The van der Waals surface area contributed by atoms with Gasteiger partial charge in [0.05, 0.1) is 41.0 Å². The molecule has 0 bridgehead atoms. The summed E-state index contributed by atoms with van der Waals surface area (Å²) in [7, 11) is -3.72. The molecule has 0 radical (unpaired) electrons. The molecular formula is C21H25N5O4S. The van der Waals surface area contributed by atoms with E-state index in [4.69, 9.17) is 4.52 Å². The van der Waals surface area contributed by atoms with Crippen LogP contribution in [0.4, 0.5) is 5.69 Å². The maximum atomic E-state index is 13.5. The molecule has 1 aromatic heterocycles. The van der Waals surface area contributed by atoms with Crippen LogP contribution in [0.15, 0.2) is 38.7 Å². The summed E-state index contributed by atoms with van der Waals surface area (Å²) in [6.07, 6.45) is 2.47. The summed E-state index contributed by atoms with van der Waals surface area (Å²) in [6, 6.07) is 6.65. The van der Waals surface area contributed by atoms with Crippen LogP contribution >= 0.6 is 0 Å². The van der Waals surface area contributed by atoms with Crippen molar-refractivity contribution in [3.63, 3.8) is 0 Å². The number of anilines is 1. The maximum Gasteiger partial charge on any atom is 0.263 e. The fourth-order valence-electron chi connectivity index (χ4n) is 4.10. The number of aromatic nitrogens is 1. The van der Waals surface area contributed by atoms with Crippen LogP contribution in [0.2, 0.25) is 0 Å². The van der Waals surface area contributed by atoms with Crippen LogP contribution in [0.3, 0.4) is 0 Å². The molecule has 1 amide bonds. The lowest BCUT2D eigenvalue weighted by molar-refractivity contribution is 0.0823. The molecule has 31 heavy (non-hydrogen) atoms. The minimum Gasteiger partial charge on any atom is -0.359 e. The lowest BCUT2D eigenvalue weighted by atomic mass is 10.1. The topological polar surface area (TPSA) is 108 Å². The summed E-state index contributed by atoms with van der Waals surface area (Å²) >= 11 is 0. The highest BCUT2D eigenvalue weighted by Crippen LogP contribution is 2.38. The molecule has 1 saturated carbocycles. The van der Waals surface area contributed by atoms with Crippen molar-refractivity contribution in [2.24, 2.45) is 4.99 Å². The van der Waals surface area contributed by atoms with E-state index in [2.05, 4.69) is 21.8 Å². The summed E-state index contributed by atoms with van der Waals surface area (Å²) < 4.78 is 33.9. The highest BCUT2D eigenvalue weighted by Gasteiger charge is 2.44.